The lowest BCUT2D eigenvalue weighted by atomic mass is 9.75. The molecule has 1 aromatic heterocycles. The molecule has 7 rings (SSSR count). The largest absolute Gasteiger partial charge is 0.478 e. The molecule has 9 nitrogen and oxygen atoms in total. The van der Waals surface area contributed by atoms with Crippen LogP contribution >= 0.6 is 12.4 Å². The standard InChI is InChI=1S/C37H46N4O5S.ClH/c1-23-8-6-9-24(2)33(23)30-20-32(40-36(39-30)41-47(44,45)29-13-7-12-27(19-29)35(42)43)46-34(26-14-15-26)31(18-25-10-4-3-5-11-25)38-28-21-37(22-28)16-17-37;/h6-9,12-13,19-20,25-26,28,31,34,38H,3-5,10-11,14-18,21-22H2,1-2H3,(H,42,43)(H,39,40,41);1H/t31-,34-;/m1./s1. The summed E-state index contributed by atoms with van der Waals surface area (Å²) in [6.07, 6.45) is 14.9. The van der Waals surface area contributed by atoms with Crippen molar-refractivity contribution in [2.75, 3.05) is 4.72 Å². The number of nitrogens with one attached hydrogen (secondary N) is 2. The predicted molar refractivity (Wildman–Crippen MR) is 188 cm³/mol. The Balaban J connectivity index is 0.00000401. The van der Waals surface area contributed by atoms with Crippen LogP contribution in [0.1, 0.15) is 98.5 Å². The van der Waals surface area contributed by atoms with Crippen LogP contribution in [0.25, 0.3) is 11.3 Å². The molecule has 0 radical (unpaired) electrons. The van der Waals surface area contributed by atoms with Gasteiger partial charge in [-0.05, 0) is 105 Å². The maximum absolute atomic E-state index is 13.5. The van der Waals surface area contributed by atoms with Gasteiger partial charge in [0.2, 0.25) is 11.8 Å². The molecule has 0 aliphatic heterocycles. The zero-order valence-corrected chi connectivity index (χ0v) is 29.4. The highest BCUT2D eigenvalue weighted by molar-refractivity contribution is 7.92. The van der Waals surface area contributed by atoms with Gasteiger partial charge in [0.05, 0.1) is 16.2 Å². The van der Waals surface area contributed by atoms with Gasteiger partial charge in [-0.15, -0.1) is 12.4 Å². The zero-order valence-electron chi connectivity index (χ0n) is 27.8. The van der Waals surface area contributed by atoms with E-state index in [-0.39, 0.29) is 41.0 Å². The van der Waals surface area contributed by atoms with Crippen LogP contribution < -0.4 is 14.8 Å². The molecule has 4 aliphatic carbocycles. The number of sulfonamides is 1. The van der Waals surface area contributed by atoms with E-state index in [1.165, 1.54) is 76.0 Å². The summed E-state index contributed by atoms with van der Waals surface area (Å²) in [5.41, 5.74) is 3.97. The zero-order chi connectivity index (χ0) is 32.8. The number of rotatable bonds is 13. The Morgan fingerprint density at radius 1 is 0.979 bits per heavy atom. The molecular formula is C37H47ClN4O5S. The van der Waals surface area contributed by atoms with Crippen molar-refractivity contribution in [1.29, 1.82) is 0 Å². The summed E-state index contributed by atoms with van der Waals surface area (Å²) >= 11 is 0. The Morgan fingerprint density at radius 2 is 1.67 bits per heavy atom. The number of anilines is 1. The van der Waals surface area contributed by atoms with E-state index in [2.05, 4.69) is 20.0 Å². The summed E-state index contributed by atoms with van der Waals surface area (Å²) in [7, 11) is -4.20. The van der Waals surface area contributed by atoms with Crippen molar-refractivity contribution in [3.05, 3.63) is 65.2 Å². The third-order valence-electron chi connectivity index (χ3n) is 10.9. The fourth-order valence-corrected chi connectivity index (χ4v) is 8.98. The molecule has 0 amide bonds. The van der Waals surface area contributed by atoms with Crippen molar-refractivity contribution in [2.45, 2.75) is 114 Å². The van der Waals surface area contributed by atoms with Gasteiger partial charge in [0, 0.05) is 23.7 Å². The van der Waals surface area contributed by atoms with E-state index in [9.17, 15) is 18.3 Å². The summed E-state index contributed by atoms with van der Waals surface area (Å²) in [4.78, 5) is 20.7. The third-order valence-corrected chi connectivity index (χ3v) is 12.2. The summed E-state index contributed by atoms with van der Waals surface area (Å²) in [5.74, 6) is 0.128. The highest BCUT2D eigenvalue weighted by Crippen LogP contribution is 2.60. The minimum Gasteiger partial charge on any atom is -0.478 e. The lowest BCUT2D eigenvalue weighted by Gasteiger charge is -2.42. The number of aromatic nitrogens is 2. The quantitative estimate of drug-likeness (QED) is 0.166. The van der Waals surface area contributed by atoms with Gasteiger partial charge in [0.15, 0.2) is 0 Å². The van der Waals surface area contributed by atoms with E-state index in [1.54, 1.807) is 0 Å². The number of ether oxygens (including phenoxy) is 1. The SMILES string of the molecule is Cc1cccc(C)c1-c1cc(O[C@H](C2CC2)[C@@H](CC2CCCCC2)NC2CC3(CC3)C2)nc(NS(=O)(=O)c2cccc(C(=O)O)c2)n1.Cl. The van der Waals surface area contributed by atoms with Crippen molar-refractivity contribution in [3.8, 4) is 17.1 Å². The van der Waals surface area contributed by atoms with Crippen LogP contribution in [0.5, 0.6) is 5.88 Å². The Morgan fingerprint density at radius 3 is 2.31 bits per heavy atom. The molecule has 3 N–H and O–H groups in total. The number of halogens is 1. The van der Waals surface area contributed by atoms with Crippen LogP contribution in [0, 0.1) is 31.1 Å². The fraction of sp³-hybridized carbons (Fsp3) is 0.541. The van der Waals surface area contributed by atoms with Crippen molar-refractivity contribution < 1.29 is 23.1 Å². The van der Waals surface area contributed by atoms with Crippen LogP contribution in [-0.2, 0) is 10.0 Å². The highest BCUT2D eigenvalue weighted by atomic mass is 35.5. The van der Waals surface area contributed by atoms with E-state index in [0.29, 0.717) is 34.9 Å². The van der Waals surface area contributed by atoms with Gasteiger partial charge in [-0.1, -0.05) is 56.4 Å². The average molecular weight is 695 g/mol. The van der Waals surface area contributed by atoms with E-state index >= 15 is 0 Å². The van der Waals surface area contributed by atoms with Crippen LogP contribution in [0.15, 0.2) is 53.4 Å². The third kappa shape index (κ3) is 7.81. The first-order chi connectivity index (χ1) is 22.6. The average Bonchev–Trinajstić information content (AvgIpc) is 3.95. The molecule has 1 heterocycles. The molecule has 48 heavy (non-hydrogen) atoms. The van der Waals surface area contributed by atoms with Crippen LogP contribution in [0.3, 0.4) is 0 Å². The monoisotopic (exact) mass is 694 g/mol. The minimum absolute atomic E-state index is 0. The molecule has 2 atom stereocenters. The Bertz CT molecular complexity index is 1730. The second-order valence-electron chi connectivity index (χ2n) is 14.7. The minimum atomic E-state index is -4.20. The number of carbonyl (C=O) groups is 1. The molecule has 258 valence electrons. The van der Waals surface area contributed by atoms with Gasteiger partial charge in [-0.2, -0.15) is 4.98 Å². The number of hydrogen-bond donors (Lipinski definition) is 3. The number of aromatic carboxylic acids is 1. The van der Waals surface area contributed by atoms with Crippen molar-refractivity contribution >= 4 is 34.3 Å². The van der Waals surface area contributed by atoms with Crippen molar-refractivity contribution in [1.82, 2.24) is 15.3 Å². The van der Waals surface area contributed by atoms with Crippen LogP contribution in [0.4, 0.5) is 5.95 Å². The summed E-state index contributed by atoms with van der Waals surface area (Å²) in [6, 6.07) is 13.8. The molecule has 0 unspecified atom stereocenters. The van der Waals surface area contributed by atoms with Crippen LogP contribution in [0.2, 0.25) is 0 Å². The van der Waals surface area contributed by atoms with Gasteiger partial charge in [-0.3, -0.25) is 0 Å². The Kier molecular flexibility index (Phi) is 10.1. The lowest BCUT2D eigenvalue weighted by molar-refractivity contribution is 0.0696. The van der Waals surface area contributed by atoms with Crippen molar-refractivity contribution in [2.24, 2.45) is 17.3 Å². The first-order valence-electron chi connectivity index (χ1n) is 17.3. The molecule has 0 saturated heterocycles. The molecule has 4 fully saturated rings. The van der Waals surface area contributed by atoms with Crippen molar-refractivity contribution in [3.63, 3.8) is 0 Å². The second kappa shape index (κ2) is 14.0. The molecular weight excluding hydrogens is 648 g/mol. The maximum Gasteiger partial charge on any atom is 0.335 e. The normalized spacial score (nSPS) is 20.3. The van der Waals surface area contributed by atoms with Gasteiger partial charge in [0.1, 0.15) is 6.10 Å². The maximum atomic E-state index is 13.5. The lowest BCUT2D eigenvalue weighted by Crippen LogP contribution is -2.54. The number of hydrogen-bond acceptors (Lipinski definition) is 7. The molecule has 11 heteroatoms. The summed E-state index contributed by atoms with van der Waals surface area (Å²) in [6.45, 7) is 4.02. The highest BCUT2D eigenvalue weighted by Gasteiger charge is 2.54. The fourth-order valence-electron chi connectivity index (χ4n) is 7.99. The van der Waals surface area contributed by atoms with Crippen LogP contribution in [-0.4, -0.2) is 47.6 Å². The van der Waals surface area contributed by atoms with Gasteiger partial charge in [0.25, 0.3) is 10.0 Å². The number of benzene rings is 2. The van der Waals surface area contributed by atoms with Gasteiger partial charge in [-0.25, -0.2) is 22.9 Å². The second-order valence-corrected chi connectivity index (χ2v) is 16.3. The van der Waals surface area contributed by atoms with E-state index in [4.69, 9.17) is 4.74 Å². The molecule has 4 saturated carbocycles. The smallest absolute Gasteiger partial charge is 0.335 e. The van der Waals surface area contributed by atoms with E-state index < -0.39 is 16.0 Å². The predicted octanol–water partition coefficient (Wildman–Crippen LogP) is 7.71. The number of carboxylic acid groups (broad SMARTS) is 1. The molecule has 0 bridgehead atoms. The van der Waals surface area contributed by atoms with Gasteiger partial charge >= 0.3 is 5.97 Å². The molecule has 1 spiro atoms. The number of nitrogens with zero attached hydrogens (tertiary/aromatic N) is 2. The molecule has 3 aromatic rings. The first-order valence-corrected chi connectivity index (χ1v) is 18.8. The Hall–Kier alpha value is -3.21. The van der Waals surface area contributed by atoms with E-state index in [0.717, 1.165) is 42.0 Å². The molecule has 2 aromatic carbocycles. The number of aryl methyl sites for hydroxylation is 2. The Labute approximate surface area is 290 Å². The topological polar surface area (TPSA) is 131 Å². The first kappa shape index (κ1) is 34.6. The van der Waals surface area contributed by atoms with Gasteiger partial charge < -0.3 is 15.2 Å². The molecule has 4 aliphatic rings. The summed E-state index contributed by atoms with van der Waals surface area (Å²) < 4.78 is 36.5. The number of carboxylic acids is 1. The summed E-state index contributed by atoms with van der Waals surface area (Å²) in [5, 5.41) is 13.5. The van der Waals surface area contributed by atoms with E-state index in [1.807, 2.05) is 38.1 Å².